The zero-order chi connectivity index (χ0) is 15.1. The number of benzene rings is 1. The number of esters is 1. The molecular weight excluding hydrogens is 332 g/mol. The molecule has 0 unspecified atom stereocenters. The minimum Gasteiger partial charge on any atom is -0.507 e. The van der Waals surface area contributed by atoms with Crippen LogP contribution in [-0.4, -0.2) is 36.2 Å². The molecule has 1 aromatic rings. The highest BCUT2D eigenvalue weighted by atomic mass is 79.9. The number of halogens is 1. The number of ether oxygens (including phenoxy) is 1. The van der Waals surface area contributed by atoms with Crippen LogP contribution in [0.5, 0.6) is 5.75 Å². The van der Waals surface area contributed by atoms with Crippen molar-refractivity contribution < 1.29 is 24.2 Å². The summed E-state index contributed by atoms with van der Waals surface area (Å²) in [4.78, 5) is 34.0. The van der Waals surface area contributed by atoms with Crippen LogP contribution in [0.2, 0.25) is 0 Å². The van der Waals surface area contributed by atoms with Crippen LogP contribution in [0.1, 0.15) is 17.3 Å². The highest BCUT2D eigenvalue weighted by Gasteiger charge is 2.15. The van der Waals surface area contributed by atoms with Gasteiger partial charge in [0.2, 0.25) is 0 Å². The first-order valence-electron chi connectivity index (χ1n) is 5.67. The van der Waals surface area contributed by atoms with Crippen LogP contribution in [-0.2, 0) is 9.53 Å². The summed E-state index contributed by atoms with van der Waals surface area (Å²) in [7, 11) is 0. The van der Waals surface area contributed by atoms with Crippen LogP contribution in [0.15, 0.2) is 22.7 Å². The van der Waals surface area contributed by atoms with Crippen molar-refractivity contribution in [2.75, 3.05) is 13.2 Å². The fraction of sp³-hybridized carbons (Fsp3) is 0.250. The smallest absolute Gasteiger partial charge is 0.342 e. The summed E-state index contributed by atoms with van der Waals surface area (Å²) >= 11 is 3.14. The van der Waals surface area contributed by atoms with E-state index in [0.29, 0.717) is 11.0 Å². The number of imide groups is 1. The molecule has 7 nitrogen and oxygen atoms in total. The van der Waals surface area contributed by atoms with Crippen LogP contribution in [0.3, 0.4) is 0 Å². The average Bonchev–Trinajstić information content (AvgIpc) is 2.39. The second-order valence-electron chi connectivity index (χ2n) is 3.65. The molecule has 0 aromatic heterocycles. The summed E-state index contributed by atoms with van der Waals surface area (Å²) in [6.45, 7) is 1.44. The lowest BCUT2D eigenvalue weighted by atomic mass is 10.2. The maximum absolute atomic E-state index is 11.7. The molecule has 3 amide bonds. The Balaban J connectivity index is 2.53. The second kappa shape index (κ2) is 7.49. The summed E-state index contributed by atoms with van der Waals surface area (Å²) in [6, 6.07) is 3.56. The fourth-order valence-corrected chi connectivity index (χ4v) is 1.61. The topological polar surface area (TPSA) is 105 Å². The first kappa shape index (κ1) is 16.0. The molecule has 1 aromatic carbocycles. The van der Waals surface area contributed by atoms with E-state index in [9.17, 15) is 19.5 Å². The third kappa shape index (κ3) is 4.88. The minimum absolute atomic E-state index is 0.0785. The van der Waals surface area contributed by atoms with E-state index in [-0.39, 0.29) is 11.3 Å². The molecule has 0 aliphatic carbocycles. The van der Waals surface area contributed by atoms with Crippen LogP contribution in [0, 0.1) is 0 Å². The molecule has 0 saturated carbocycles. The summed E-state index contributed by atoms with van der Waals surface area (Å²) in [5.41, 5.74) is -0.0785. The Bertz CT molecular complexity index is 533. The molecule has 0 bridgehead atoms. The van der Waals surface area contributed by atoms with E-state index < -0.39 is 24.5 Å². The number of carbonyl (C=O) groups excluding carboxylic acids is 3. The quantitative estimate of drug-likeness (QED) is 0.711. The third-order valence-corrected chi connectivity index (χ3v) is 2.60. The van der Waals surface area contributed by atoms with E-state index in [2.05, 4.69) is 21.2 Å². The minimum atomic E-state index is -0.866. The standard InChI is InChI=1S/C12H13BrN2O5/c1-2-14-12(19)15-10(17)6-20-11(18)8-5-7(13)3-4-9(8)16/h3-5,16H,2,6H2,1H3,(H2,14,15,17,19). The third-order valence-electron chi connectivity index (χ3n) is 2.10. The van der Waals surface area contributed by atoms with E-state index in [1.165, 1.54) is 12.1 Å². The lowest BCUT2D eigenvalue weighted by molar-refractivity contribution is -0.123. The van der Waals surface area contributed by atoms with Crippen molar-refractivity contribution in [2.24, 2.45) is 0 Å². The Kier molecular flexibility index (Phi) is 5.98. The highest BCUT2D eigenvalue weighted by molar-refractivity contribution is 9.10. The Hall–Kier alpha value is -2.09. The molecular formula is C12H13BrN2O5. The van der Waals surface area contributed by atoms with Crippen molar-refractivity contribution >= 4 is 33.8 Å². The van der Waals surface area contributed by atoms with E-state index in [1.54, 1.807) is 13.0 Å². The molecule has 108 valence electrons. The molecule has 0 spiro atoms. The van der Waals surface area contributed by atoms with E-state index in [0.717, 1.165) is 0 Å². The van der Waals surface area contributed by atoms with Crippen molar-refractivity contribution in [3.05, 3.63) is 28.2 Å². The number of phenolic OH excluding ortho intramolecular Hbond substituents is 1. The monoisotopic (exact) mass is 344 g/mol. The average molecular weight is 345 g/mol. The van der Waals surface area contributed by atoms with Gasteiger partial charge in [0.05, 0.1) is 0 Å². The molecule has 0 saturated heterocycles. The number of nitrogens with one attached hydrogen (secondary N) is 2. The molecule has 8 heteroatoms. The van der Waals surface area contributed by atoms with E-state index in [1.807, 2.05) is 5.32 Å². The number of phenols is 1. The van der Waals surface area contributed by atoms with Gasteiger partial charge in [-0.25, -0.2) is 9.59 Å². The number of urea groups is 1. The zero-order valence-electron chi connectivity index (χ0n) is 10.6. The van der Waals surface area contributed by atoms with Gasteiger partial charge in [-0.1, -0.05) is 15.9 Å². The maximum Gasteiger partial charge on any atom is 0.342 e. The second-order valence-corrected chi connectivity index (χ2v) is 4.56. The molecule has 0 heterocycles. The summed E-state index contributed by atoms with van der Waals surface area (Å²) in [6.07, 6.45) is 0. The van der Waals surface area contributed by atoms with Crippen molar-refractivity contribution in [1.82, 2.24) is 10.6 Å². The molecule has 3 N–H and O–H groups in total. The Labute approximate surface area is 123 Å². The lowest BCUT2D eigenvalue weighted by Gasteiger charge is -2.07. The van der Waals surface area contributed by atoms with Crippen molar-refractivity contribution in [2.45, 2.75) is 6.92 Å². The Morgan fingerprint density at radius 1 is 1.35 bits per heavy atom. The van der Waals surface area contributed by atoms with Crippen LogP contribution in [0.4, 0.5) is 4.79 Å². The van der Waals surface area contributed by atoms with Gasteiger partial charge in [0.15, 0.2) is 6.61 Å². The predicted molar refractivity (Wildman–Crippen MR) is 73.3 cm³/mol. The lowest BCUT2D eigenvalue weighted by Crippen LogP contribution is -2.41. The zero-order valence-corrected chi connectivity index (χ0v) is 12.2. The van der Waals surface area contributed by atoms with Crippen molar-refractivity contribution in [3.63, 3.8) is 0 Å². The number of hydrogen-bond acceptors (Lipinski definition) is 5. The molecule has 0 atom stereocenters. The van der Waals surface area contributed by atoms with Gasteiger partial charge in [0.25, 0.3) is 5.91 Å². The number of hydrogen-bond donors (Lipinski definition) is 3. The van der Waals surface area contributed by atoms with Gasteiger partial charge in [-0.05, 0) is 25.1 Å². The molecule has 0 radical (unpaired) electrons. The van der Waals surface area contributed by atoms with Gasteiger partial charge in [-0.2, -0.15) is 0 Å². The first-order chi connectivity index (χ1) is 9.43. The first-order valence-corrected chi connectivity index (χ1v) is 6.46. The number of rotatable bonds is 4. The van der Waals surface area contributed by atoms with Crippen molar-refractivity contribution in [3.8, 4) is 5.75 Å². The van der Waals surface area contributed by atoms with E-state index in [4.69, 9.17) is 4.74 Å². The molecule has 20 heavy (non-hydrogen) atoms. The van der Waals surface area contributed by atoms with Gasteiger partial charge < -0.3 is 15.2 Å². The highest BCUT2D eigenvalue weighted by Crippen LogP contribution is 2.22. The van der Waals surface area contributed by atoms with Gasteiger partial charge in [0.1, 0.15) is 11.3 Å². The fourth-order valence-electron chi connectivity index (χ4n) is 1.25. The Morgan fingerprint density at radius 2 is 2.05 bits per heavy atom. The molecule has 1 rings (SSSR count). The van der Waals surface area contributed by atoms with Gasteiger partial charge in [-0.3, -0.25) is 10.1 Å². The van der Waals surface area contributed by atoms with Crippen LogP contribution < -0.4 is 10.6 Å². The largest absolute Gasteiger partial charge is 0.507 e. The van der Waals surface area contributed by atoms with Gasteiger partial charge in [-0.15, -0.1) is 0 Å². The van der Waals surface area contributed by atoms with Crippen LogP contribution >= 0.6 is 15.9 Å². The van der Waals surface area contributed by atoms with Crippen LogP contribution in [0.25, 0.3) is 0 Å². The van der Waals surface area contributed by atoms with Gasteiger partial charge >= 0.3 is 12.0 Å². The number of aromatic hydroxyl groups is 1. The van der Waals surface area contributed by atoms with Gasteiger partial charge in [0, 0.05) is 11.0 Å². The number of carbonyl (C=O) groups is 3. The number of amides is 3. The summed E-state index contributed by atoms with van der Waals surface area (Å²) in [5, 5.41) is 13.8. The van der Waals surface area contributed by atoms with E-state index >= 15 is 0 Å². The SMILES string of the molecule is CCNC(=O)NC(=O)COC(=O)c1cc(Br)ccc1O. The molecule has 0 fully saturated rings. The summed E-state index contributed by atoms with van der Waals surface area (Å²) < 4.78 is 5.27. The van der Waals surface area contributed by atoms with Crippen molar-refractivity contribution in [1.29, 1.82) is 0 Å². The maximum atomic E-state index is 11.7. The predicted octanol–water partition coefficient (Wildman–Crippen LogP) is 1.16. The summed E-state index contributed by atoms with van der Waals surface area (Å²) in [5.74, 6) is -1.89. The molecule has 0 aliphatic heterocycles. The normalized spacial score (nSPS) is 9.70. The molecule has 0 aliphatic rings. The Morgan fingerprint density at radius 3 is 2.70 bits per heavy atom.